The van der Waals surface area contributed by atoms with Gasteiger partial charge in [-0.05, 0) is 31.7 Å². The van der Waals surface area contributed by atoms with Crippen LogP contribution < -0.4 is 4.90 Å². The third-order valence-electron chi connectivity index (χ3n) is 4.87. The Morgan fingerprint density at radius 1 is 1.30 bits per heavy atom. The number of hydrogen-bond donors (Lipinski definition) is 0. The lowest BCUT2D eigenvalue weighted by Crippen LogP contribution is -2.39. The number of ether oxygens (including phenoxy) is 1. The zero-order valence-electron chi connectivity index (χ0n) is 15.9. The van der Waals surface area contributed by atoms with E-state index >= 15 is 0 Å². The topological polar surface area (TPSA) is 81.5 Å². The number of aromatic nitrogens is 2. The molecule has 0 aliphatic carbocycles. The first-order chi connectivity index (χ1) is 12.8. The molecule has 2 heterocycles. The summed E-state index contributed by atoms with van der Waals surface area (Å²) in [6.45, 7) is 2.82. The molecule has 1 aromatic carbocycles. The molecule has 0 amide bonds. The molecule has 0 N–H and O–H groups in total. The number of methoxy groups -OCH3 is 1. The van der Waals surface area contributed by atoms with Gasteiger partial charge in [0.05, 0.1) is 12.8 Å². The second kappa shape index (κ2) is 7.72. The Bertz CT molecular complexity index is 922. The highest BCUT2D eigenvalue weighted by Crippen LogP contribution is 2.34. The summed E-state index contributed by atoms with van der Waals surface area (Å²) in [7, 11) is -2.14. The van der Waals surface area contributed by atoms with Crippen LogP contribution in [0.4, 0.5) is 5.82 Å². The fourth-order valence-corrected chi connectivity index (χ4v) is 4.83. The van der Waals surface area contributed by atoms with Crippen molar-refractivity contribution in [3.63, 3.8) is 0 Å². The first kappa shape index (κ1) is 19.4. The molecule has 0 saturated carbocycles. The molecule has 1 aromatic heterocycles. The van der Waals surface area contributed by atoms with E-state index in [4.69, 9.17) is 4.74 Å². The highest BCUT2D eigenvalue weighted by Gasteiger charge is 2.37. The Morgan fingerprint density at radius 3 is 2.63 bits per heavy atom. The summed E-state index contributed by atoms with van der Waals surface area (Å²) < 4.78 is 31.6. The molecular formula is C19H25N3O4S. The Hall–Kier alpha value is -2.35. The standard InChI is InChI=1S/C19H25N3O4S/c1-14-17(27(3,24)25)18(21-12-7-10-16(21)19(23)26-2)22(20-14)13-11-15-8-5-4-6-9-15/h4-6,8-9,16H,7,10-13H2,1-3H3. The second-order valence-corrected chi connectivity index (χ2v) is 8.80. The van der Waals surface area contributed by atoms with Crippen molar-refractivity contribution in [2.24, 2.45) is 0 Å². The molecule has 1 aliphatic heterocycles. The maximum atomic E-state index is 12.5. The minimum Gasteiger partial charge on any atom is -0.467 e. The van der Waals surface area contributed by atoms with Gasteiger partial charge in [-0.25, -0.2) is 17.9 Å². The molecule has 1 atom stereocenters. The van der Waals surface area contributed by atoms with Crippen LogP contribution in [0.5, 0.6) is 0 Å². The fourth-order valence-electron chi connectivity index (χ4n) is 3.70. The molecular weight excluding hydrogens is 366 g/mol. The van der Waals surface area contributed by atoms with Crippen molar-refractivity contribution in [3.05, 3.63) is 41.6 Å². The van der Waals surface area contributed by atoms with Crippen LogP contribution in [0.1, 0.15) is 24.1 Å². The Kier molecular flexibility index (Phi) is 5.55. The summed E-state index contributed by atoms with van der Waals surface area (Å²) in [6, 6.07) is 9.48. The average molecular weight is 391 g/mol. The van der Waals surface area contributed by atoms with Crippen molar-refractivity contribution in [3.8, 4) is 0 Å². The average Bonchev–Trinajstić information content (AvgIpc) is 3.23. The molecule has 1 aliphatic rings. The van der Waals surface area contributed by atoms with Gasteiger partial charge in [0.15, 0.2) is 9.84 Å². The number of nitrogens with zero attached hydrogens (tertiary/aromatic N) is 3. The molecule has 146 valence electrons. The van der Waals surface area contributed by atoms with Gasteiger partial charge >= 0.3 is 5.97 Å². The number of carbonyl (C=O) groups is 1. The first-order valence-electron chi connectivity index (χ1n) is 8.98. The number of benzene rings is 1. The lowest BCUT2D eigenvalue weighted by atomic mass is 10.1. The van der Waals surface area contributed by atoms with Gasteiger partial charge in [0.25, 0.3) is 0 Å². The van der Waals surface area contributed by atoms with Crippen LogP contribution in [0.3, 0.4) is 0 Å². The molecule has 2 aromatic rings. The number of anilines is 1. The van der Waals surface area contributed by atoms with Crippen molar-refractivity contribution >= 4 is 21.6 Å². The molecule has 1 fully saturated rings. The van der Waals surface area contributed by atoms with E-state index in [1.165, 1.54) is 13.4 Å². The van der Waals surface area contributed by atoms with E-state index in [2.05, 4.69) is 5.10 Å². The SMILES string of the molecule is COC(=O)C1CCCN1c1c(S(C)(=O)=O)c(C)nn1CCc1ccccc1. The van der Waals surface area contributed by atoms with E-state index in [9.17, 15) is 13.2 Å². The van der Waals surface area contributed by atoms with Gasteiger partial charge in [-0.2, -0.15) is 5.10 Å². The lowest BCUT2D eigenvalue weighted by molar-refractivity contribution is -0.141. The molecule has 0 radical (unpaired) electrons. The maximum Gasteiger partial charge on any atom is 0.328 e. The quantitative estimate of drug-likeness (QED) is 0.701. The van der Waals surface area contributed by atoms with Crippen molar-refractivity contribution in [1.29, 1.82) is 0 Å². The van der Waals surface area contributed by atoms with E-state index in [1.54, 1.807) is 11.6 Å². The van der Waals surface area contributed by atoms with Gasteiger partial charge in [0.1, 0.15) is 16.8 Å². The fraction of sp³-hybridized carbons (Fsp3) is 0.474. The van der Waals surface area contributed by atoms with E-state index in [0.29, 0.717) is 31.0 Å². The molecule has 27 heavy (non-hydrogen) atoms. The number of rotatable bonds is 6. The Balaban J connectivity index is 2.02. The van der Waals surface area contributed by atoms with Crippen molar-refractivity contribution in [2.75, 3.05) is 24.8 Å². The molecule has 1 unspecified atom stereocenters. The van der Waals surface area contributed by atoms with Gasteiger partial charge < -0.3 is 9.64 Å². The third kappa shape index (κ3) is 4.00. The zero-order valence-corrected chi connectivity index (χ0v) is 16.7. The second-order valence-electron chi connectivity index (χ2n) is 6.84. The van der Waals surface area contributed by atoms with E-state index in [1.807, 2.05) is 35.2 Å². The largest absolute Gasteiger partial charge is 0.467 e. The summed E-state index contributed by atoms with van der Waals surface area (Å²) >= 11 is 0. The summed E-state index contributed by atoms with van der Waals surface area (Å²) in [5.74, 6) is 0.152. The van der Waals surface area contributed by atoms with Gasteiger partial charge in [-0.1, -0.05) is 30.3 Å². The monoisotopic (exact) mass is 391 g/mol. The van der Waals surface area contributed by atoms with Crippen LogP contribution in [0.25, 0.3) is 0 Å². The predicted molar refractivity (Wildman–Crippen MR) is 103 cm³/mol. The van der Waals surface area contributed by atoms with Gasteiger partial charge in [0.2, 0.25) is 0 Å². The van der Waals surface area contributed by atoms with Gasteiger partial charge in [0, 0.05) is 19.3 Å². The predicted octanol–water partition coefficient (Wildman–Crippen LogP) is 1.98. The number of aryl methyl sites for hydroxylation is 3. The molecule has 3 rings (SSSR count). The van der Waals surface area contributed by atoms with Crippen LogP contribution in [-0.4, -0.2) is 50.1 Å². The lowest BCUT2D eigenvalue weighted by Gasteiger charge is -2.26. The van der Waals surface area contributed by atoms with Crippen molar-refractivity contribution in [1.82, 2.24) is 9.78 Å². The van der Waals surface area contributed by atoms with E-state index in [-0.39, 0.29) is 10.9 Å². The van der Waals surface area contributed by atoms with E-state index < -0.39 is 15.9 Å². The minimum absolute atomic E-state index is 0.200. The van der Waals surface area contributed by atoms with Crippen LogP contribution in [0.15, 0.2) is 35.2 Å². The van der Waals surface area contributed by atoms with Gasteiger partial charge in [-0.3, -0.25) is 0 Å². The zero-order chi connectivity index (χ0) is 19.6. The number of hydrogen-bond acceptors (Lipinski definition) is 6. The van der Waals surface area contributed by atoms with Crippen LogP contribution in [0, 0.1) is 6.92 Å². The Morgan fingerprint density at radius 2 is 2.00 bits per heavy atom. The normalized spacial score (nSPS) is 17.3. The first-order valence-corrected chi connectivity index (χ1v) is 10.9. The number of esters is 1. The smallest absolute Gasteiger partial charge is 0.328 e. The van der Waals surface area contributed by atoms with Crippen LogP contribution in [0.2, 0.25) is 0 Å². The molecule has 0 spiro atoms. The molecule has 0 bridgehead atoms. The van der Waals surface area contributed by atoms with Gasteiger partial charge in [-0.15, -0.1) is 0 Å². The summed E-state index contributed by atoms with van der Waals surface area (Å²) in [5.41, 5.74) is 1.60. The summed E-state index contributed by atoms with van der Waals surface area (Å²) in [5, 5.41) is 4.50. The highest BCUT2D eigenvalue weighted by molar-refractivity contribution is 7.91. The molecule has 7 nitrogen and oxygen atoms in total. The molecule has 1 saturated heterocycles. The number of carbonyl (C=O) groups excluding carboxylic acids is 1. The molecule has 8 heteroatoms. The summed E-state index contributed by atoms with van der Waals surface area (Å²) in [6.07, 6.45) is 3.34. The summed E-state index contributed by atoms with van der Waals surface area (Å²) in [4.78, 5) is 14.3. The highest BCUT2D eigenvalue weighted by atomic mass is 32.2. The van der Waals surface area contributed by atoms with E-state index in [0.717, 1.165) is 18.4 Å². The van der Waals surface area contributed by atoms with Crippen LogP contribution >= 0.6 is 0 Å². The number of sulfone groups is 1. The third-order valence-corrected chi connectivity index (χ3v) is 6.09. The maximum absolute atomic E-state index is 12.5. The Labute approximate surface area is 159 Å². The van der Waals surface area contributed by atoms with Crippen LogP contribution in [-0.2, 0) is 32.3 Å². The van der Waals surface area contributed by atoms with Crippen molar-refractivity contribution < 1.29 is 17.9 Å². The van der Waals surface area contributed by atoms with Crippen molar-refractivity contribution in [2.45, 2.75) is 43.7 Å². The minimum atomic E-state index is -3.50.